The van der Waals surface area contributed by atoms with E-state index in [2.05, 4.69) is 191 Å². The lowest BCUT2D eigenvalue weighted by atomic mass is 10.00. The van der Waals surface area contributed by atoms with Crippen molar-refractivity contribution in [2.24, 2.45) is 0 Å². The molecule has 11 rings (SSSR count). The van der Waals surface area contributed by atoms with Crippen LogP contribution >= 0.6 is 0 Å². The number of aromatic nitrogens is 2. The molecule has 0 N–H and O–H groups in total. The van der Waals surface area contributed by atoms with Gasteiger partial charge in [0.25, 0.3) is 0 Å². The summed E-state index contributed by atoms with van der Waals surface area (Å²) < 4.78 is 20.1. The van der Waals surface area contributed by atoms with Gasteiger partial charge in [-0.05, 0) is 111 Å². The molecule has 0 fully saturated rings. The topological polar surface area (TPSA) is 9.86 Å². The third kappa shape index (κ3) is 5.63. The fraction of sp³-hybridized carbons (Fsp3) is 0. The molecule has 2 nitrogen and oxygen atoms in total. The van der Waals surface area contributed by atoms with Crippen LogP contribution < -0.4 is 0 Å². The Bertz CT molecular complexity index is 3260. The van der Waals surface area contributed by atoms with Crippen LogP contribution in [0.4, 0.5) is 4.39 Å². The van der Waals surface area contributed by atoms with Crippen molar-refractivity contribution < 1.29 is 4.39 Å². The lowest BCUT2D eigenvalue weighted by Gasteiger charge is -2.12. The van der Waals surface area contributed by atoms with Gasteiger partial charge in [-0.3, -0.25) is 0 Å². The van der Waals surface area contributed by atoms with Crippen molar-refractivity contribution in [1.82, 2.24) is 9.13 Å². The van der Waals surface area contributed by atoms with E-state index in [4.69, 9.17) is 0 Å². The molecule has 0 saturated heterocycles. The lowest BCUT2D eigenvalue weighted by Crippen LogP contribution is -1.96. The first-order valence-corrected chi connectivity index (χ1v) is 19.4. The van der Waals surface area contributed by atoms with Crippen molar-refractivity contribution in [2.75, 3.05) is 0 Å². The van der Waals surface area contributed by atoms with E-state index < -0.39 is 0 Å². The second-order valence-corrected chi connectivity index (χ2v) is 14.7. The Labute approximate surface area is 330 Å². The van der Waals surface area contributed by atoms with E-state index >= 15 is 4.39 Å². The third-order valence-electron chi connectivity index (χ3n) is 11.4. The van der Waals surface area contributed by atoms with Gasteiger partial charge >= 0.3 is 0 Å². The zero-order valence-electron chi connectivity index (χ0n) is 31.0. The summed E-state index contributed by atoms with van der Waals surface area (Å²) >= 11 is 0. The maximum atomic E-state index is 15.6. The highest BCUT2D eigenvalue weighted by Gasteiger charge is 2.17. The predicted molar refractivity (Wildman–Crippen MR) is 237 cm³/mol. The Hall–Kier alpha value is -7.49. The van der Waals surface area contributed by atoms with Crippen LogP contribution in [0.5, 0.6) is 0 Å². The SMILES string of the molecule is Fc1cc(-c2ccc(-c3ccccc3)cc2)cc(-n2c3ccccc3c3cc(-c4ccc5c(c4)c4ccccc4n5-c4ccc(-c5ccccc5)cc4)ccc32)c1. The van der Waals surface area contributed by atoms with Crippen molar-refractivity contribution >= 4 is 43.6 Å². The summed E-state index contributed by atoms with van der Waals surface area (Å²) in [7, 11) is 0. The number of hydrogen-bond acceptors (Lipinski definition) is 0. The van der Waals surface area contributed by atoms with Gasteiger partial charge in [0, 0.05) is 32.9 Å². The van der Waals surface area contributed by atoms with E-state index in [1.807, 2.05) is 18.2 Å². The van der Waals surface area contributed by atoms with Crippen LogP contribution in [0.25, 0.3) is 99.5 Å². The van der Waals surface area contributed by atoms with E-state index in [1.165, 1.54) is 32.9 Å². The van der Waals surface area contributed by atoms with Crippen LogP contribution in [0.3, 0.4) is 0 Å². The highest BCUT2D eigenvalue weighted by Crippen LogP contribution is 2.39. The molecule has 0 radical (unpaired) electrons. The molecular formula is C54H35FN2. The molecular weight excluding hydrogens is 696 g/mol. The van der Waals surface area contributed by atoms with Crippen LogP contribution in [0.2, 0.25) is 0 Å². The minimum Gasteiger partial charge on any atom is -0.309 e. The Balaban J connectivity index is 1.00. The maximum Gasteiger partial charge on any atom is 0.125 e. The molecule has 9 aromatic carbocycles. The molecule has 57 heavy (non-hydrogen) atoms. The van der Waals surface area contributed by atoms with E-state index in [1.54, 1.807) is 12.1 Å². The molecule has 0 saturated carbocycles. The molecule has 0 amide bonds. The second-order valence-electron chi connectivity index (χ2n) is 14.7. The first-order chi connectivity index (χ1) is 28.2. The molecule has 0 spiro atoms. The van der Waals surface area contributed by atoms with Crippen LogP contribution in [0, 0.1) is 5.82 Å². The van der Waals surface area contributed by atoms with Crippen LogP contribution in [-0.2, 0) is 0 Å². The van der Waals surface area contributed by atoms with Gasteiger partial charge in [0.05, 0.1) is 22.1 Å². The number of nitrogens with zero attached hydrogens (tertiary/aromatic N) is 2. The van der Waals surface area contributed by atoms with E-state index in [0.717, 1.165) is 66.6 Å². The highest BCUT2D eigenvalue weighted by molar-refractivity contribution is 6.12. The average Bonchev–Trinajstić information content (AvgIpc) is 3.79. The highest BCUT2D eigenvalue weighted by atomic mass is 19.1. The van der Waals surface area contributed by atoms with E-state index in [-0.39, 0.29) is 5.82 Å². The summed E-state index contributed by atoms with van der Waals surface area (Å²) in [5, 5.41) is 4.68. The molecule has 0 aliphatic carbocycles. The molecule has 2 aromatic heterocycles. The first-order valence-electron chi connectivity index (χ1n) is 19.4. The summed E-state index contributed by atoms with van der Waals surface area (Å²) in [5.41, 5.74) is 15.1. The number of benzene rings is 9. The number of para-hydroxylation sites is 2. The van der Waals surface area contributed by atoms with Gasteiger partial charge in [-0.2, -0.15) is 0 Å². The molecule has 11 aromatic rings. The minimum absolute atomic E-state index is 0.267. The quantitative estimate of drug-likeness (QED) is 0.161. The Morgan fingerprint density at radius 3 is 1.16 bits per heavy atom. The number of rotatable bonds is 6. The van der Waals surface area contributed by atoms with E-state index in [0.29, 0.717) is 0 Å². The summed E-state index contributed by atoms with van der Waals surface area (Å²) in [6, 6.07) is 74.0. The van der Waals surface area contributed by atoms with Crippen molar-refractivity contribution in [2.45, 2.75) is 0 Å². The third-order valence-corrected chi connectivity index (χ3v) is 11.4. The van der Waals surface area contributed by atoms with Crippen molar-refractivity contribution in [3.05, 3.63) is 218 Å². The van der Waals surface area contributed by atoms with Crippen LogP contribution in [0.15, 0.2) is 212 Å². The standard InChI is InChI=1S/C54H35FN2/c55-44-31-43(40-21-19-38(20-22-40)36-11-3-1-4-12-36)32-46(35-44)57-52-18-10-8-16-48(52)50-34-42(26-30-54(50)57)41-25-29-53-49(33-41)47-15-7-9-17-51(47)56(53)45-27-23-39(24-28-45)37-13-5-2-6-14-37/h1-35H. The second kappa shape index (κ2) is 13.4. The predicted octanol–water partition coefficient (Wildman–Crippen LogP) is 14.7. The van der Waals surface area contributed by atoms with Crippen molar-refractivity contribution in [3.8, 4) is 55.9 Å². The smallest absolute Gasteiger partial charge is 0.125 e. The Morgan fingerprint density at radius 1 is 0.246 bits per heavy atom. The fourth-order valence-electron chi connectivity index (χ4n) is 8.65. The molecule has 2 heterocycles. The monoisotopic (exact) mass is 730 g/mol. The van der Waals surface area contributed by atoms with Gasteiger partial charge in [0.1, 0.15) is 5.82 Å². The van der Waals surface area contributed by atoms with Gasteiger partial charge in [-0.15, -0.1) is 0 Å². The van der Waals surface area contributed by atoms with Gasteiger partial charge < -0.3 is 9.13 Å². The van der Waals surface area contributed by atoms with Gasteiger partial charge in [-0.1, -0.05) is 146 Å². The van der Waals surface area contributed by atoms with Crippen molar-refractivity contribution in [3.63, 3.8) is 0 Å². The van der Waals surface area contributed by atoms with Crippen LogP contribution in [-0.4, -0.2) is 9.13 Å². The average molecular weight is 731 g/mol. The summed E-state index contributed by atoms with van der Waals surface area (Å²) in [5.74, 6) is -0.267. The summed E-state index contributed by atoms with van der Waals surface area (Å²) in [6.07, 6.45) is 0. The Morgan fingerprint density at radius 2 is 0.632 bits per heavy atom. The first kappa shape index (κ1) is 32.9. The molecule has 0 aliphatic rings. The van der Waals surface area contributed by atoms with Gasteiger partial charge in [0.15, 0.2) is 0 Å². The Kier molecular flexibility index (Phi) is 7.71. The lowest BCUT2D eigenvalue weighted by molar-refractivity contribution is 0.627. The normalized spacial score (nSPS) is 11.6. The maximum absolute atomic E-state index is 15.6. The fourth-order valence-corrected chi connectivity index (χ4v) is 8.65. The molecule has 0 atom stereocenters. The largest absolute Gasteiger partial charge is 0.309 e. The van der Waals surface area contributed by atoms with E-state index in [9.17, 15) is 0 Å². The molecule has 268 valence electrons. The number of fused-ring (bicyclic) bond motifs is 6. The number of hydrogen-bond donors (Lipinski definition) is 0. The summed E-state index contributed by atoms with van der Waals surface area (Å²) in [4.78, 5) is 0. The molecule has 3 heteroatoms. The molecule has 0 aliphatic heterocycles. The van der Waals surface area contributed by atoms with Crippen LogP contribution in [0.1, 0.15) is 0 Å². The number of halogens is 1. The minimum atomic E-state index is -0.267. The van der Waals surface area contributed by atoms with Gasteiger partial charge in [0.2, 0.25) is 0 Å². The molecule has 0 unspecified atom stereocenters. The summed E-state index contributed by atoms with van der Waals surface area (Å²) in [6.45, 7) is 0. The zero-order valence-corrected chi connectivity index (χ0v) is 31.0. The molecule has 0 bridgehead atoms. The van der Waals surface area contributed by atoms with Crippen molar-refractivity contribution in [1.29, 1.82) is 0 Å². The zero-order chi connectivity index (χ0) is 37.9. The van der Waals surface area contributed by atoms with Gasteiger partial charge in [-0.25, -0.2) is 4.39 Å².